The molecule has 100 valence electrons. The number of hydrogen-bond acceptors (Lipinski definition) is 3. The van der Waals surface area contributed by atoms with Gasteiger partial charge in [-0.25, -0.2) is 0 Å². The molecule has 1 aliphatic rings. The van der Waals surface area contributed by atoms with Gasteiger partial charge < -0.3 is 4.74 Å². The zero-order valence-corrected chi connectivity index (χ0v) is 11.6. The predicted octanol–water partition coefficient (Wildman–Crippen LogP) is 2.35. The Morgan fingerprint density at radius 2 is 2.00 bits per heavy atom. The van der Waals surface area contributed by atoms with Crippen LogP contribution in [0.5, 0.6) is 0 Å². The minimum Gasteiger partial charge on any atom is -0.383 e. The first-order valence-electron chi connectivity index (χ1n) is 6.87. The lowest BCUT2D eigenvalue weighted by molar-refractivity contribution is -0.124. The van der Waals surface area contributed by atoms with Gasteiger partial charge in [0.2, 0.25) is 0 Å². The zero-order valence-electron chi connectivity index (χ0n) is 11.6. The van der Waals surface area contributed by atoms with Crippen LogP contribution in [0.1, 0.15) is 39.5 Å². The van der Waals surface area contributed by atoms with Crippen LogP contribution in [0.15, 0.2) is 0 Å². The van der Waals surface area contributed by atoms with Gasteiger partial charge in [0.1, 0.15) is 5.78 Å². The van der Waals surface area contributed by atoms with Gasteiger partial charge in [-0.15, -0.1) is 0 Å². The zero-order chi connectivity index (χ0) is 12.7. The molecule has 0 spiro atoms. The molecule has 0 aromatic carbocycles. The SMILES string of the molecule is COCCN(CC(=O)C1CCCC1)CC(C)C. The highest BCUT2D eigenvalue weighted by atomic mass is 16.5. The maximum atomic E-state index is 12.1. The van der Waals surface area contributed by atoms with E-state index >= 15 is 0 Å². The van der Waals surface area contributed by atoms with Gasteiger partial charge in [-0.3, -0.25) is 9.69 Å². The Hall–Kier alpha value is -0.410. The molecular formula is C14H27NO2. The second-order valence-corrected chi connectivity index (χ2v) is 5.57. The van der Waals surface area contributed by atoms with E-state index in [-0.39, 0.29) is 0 Å². The topological polar surface area (TPSA) is 29.5 Å². The fourth-order valence-corrected chi connectivity index (χ4v) is 2.57. The summed E-state index contributed by atoms with van der Waals surface area (Å²) in [4.78, 5) is 14.4. The highest BCUT2D eigenvalue weighted by Gasteiger charge is 2.24. The van der Waals surface area contributed by atoms with E-state index < -0.39 is 0 Å². The lowest BCUT2D eigenvalue weighted by Crippen LogP contribution is -2.37. The van der Waals surface area contributed by atoms with Gasteiger partial charge in [-0.1, -0.05) is 26.7 Å². The molecule has 0 atom stereocenters. The fraction of sp³-hybridized carbons (Fsp3) is 0.929. The van der Waals surface area contributed by atoms with E-state index in [1.807, 2.05) is 0 Å². The highest BCUT2D eigenvalue weighted by Crippen LogP contribution is 2.25. The summed E-state index contributed by atoms with van der Waals surface area (Å²) >= 11 is 0. The van der Waals surface area contributed by atoms with Crippen LogP contribution in [0.3, 0.4) is 0 Å². The Balaban J connectivity index is 2.37. The molecule has 0 heterocycles. The Labute approximate surface area is 106 Å². The first kappa shape index (κ1) is 14.7. The quantitative estimate of drug-likeness (QED) is 0.653. The molecule has 1 saturated carbocycles. The van der Waals surface area contributed by atoms with Crippen LogP contribution in [-0.2, 0) is 9.53 Å². The Morgan fingerprint density at radius 3 is 2.53 bits per heavy atom. The molecular weight excluding hydrogens is 214 g/mol. The maximum absolute atomic E-state index is 12.1. The summed E-state index contributed by atoms with van der Waals surface area (Å²) in [5, 5.41) is 0. The summed E-state index contributed by atoms with van der Waals surface area (Å²) in [6.07, 6.45) is 4.69. The average molecular weight is 241 g/mol. The number of rotatable bonds is 8. The number of Topliss-reactive ketones (excluding diaryl/α,β-unsaturated/α-hetero) is 1. The minimum atomic E-state index is 0.340. The smallest absolute Gasteiger partial charge is 0.149 e. The van der Waals surface area contributed by atoms with Gasteiger partial charge in [0.25, 0.3) is 0 Å². The minimum absolute atomic E-state index is 0.340. The summed E-state index contributed by atoms with van der Waals surface area (Å²) in [7, 11) is 1.71. The van der Waals surface area contributed by atoms with E-state index in [2.05, 4.69) is 18.7 Å². The number of ether oxygens (including phenoxy) is 1. The number of nitrogens with zero attached hydrogens (tertiary/aromatic N) is 1. The Kier molecular flexibility index (Phi) is 6.75. The van der Waals surface area contributed by atoms with E-state index in [1.165, 1.54) is 12.8 Å². The first-order chi connectivity index (χ1) is 8.13. The second-order valence-electron chi connectivity index (χ2n) is 5.57. The molecule has 3 nitrogen and oxygen atoms in total. The third-order valence-corrected chi connectivity index (χ3v) is 3.42. The molecule has 0 N–H and O–H groups in total. The van der Waals surface area contributed by atoms with Crippen molar-refractivity contribution in [1.29, 1.82) is 0 Å². The van der Waals surface area contributed by atoms with Crippen molar-refractivity contribution >= 4 is 5.78 Å². The molecule has 1 rings (SSSR count). The molecule has 0 amide bonds. The number of carbonyl (C=O) groups excluding carboxylic acids is 1. The van der Waals surface area contributed by atoms with Crippen molar-refractivity contribution < 1.29 is 9.53 Å². The third-order valence-electron chi connectivity index (χ3n) is 3.42. The van der Waals surface area contributed by atoms with E-state index in [4.69, 9.17) is 4.74 Å². The number of ketones is 1. The van der Waals surface area contributed by atoms with Crippen LogP contribution >= 0.6 is 0 Å². The summed E-state index contributed by atoms with van der Waals surface area (Å²) in [5.41, 5.74) is 0. The Morgan fingerprint density at radius 1 is 1.35 bits per heavy atom. The van der Waals surface area contributed by atoms with Gasteiger partial charge in [-0.05, 0) is 18.8 Å². The van der Waals surface area contributed by atoms with Crippen molar-refractivity contribution in [3.63, 3.8) is 0 Å². The molecule has 1 fully saturated rings. The molecule has 1 aliphatic carbocycles. The summed E-state index contributed by atoms with van der Waals surface area (Å²) in [6, 6.07) is 0. The van der Waals surface area contributed by atoms with Gasteiger partial charge in [-0.2, -0.15) is 0 Å². The molecule has 0 bridgehead atoms. The molecule has 3 heteroatoms. The van der Waals surface area contributed by atoms with E-state index in [0.29, 0.717) is 30.8 Å². The average Bonchev–Trinajstić information content (AvgIpc) is 2.78. The predicted molar refractivity (Wildman–Crippen MR) is 70.1 cm³/mol. The molecule has 17 heavy (non-hydrogen) atoms. The van der Waals surface area contributed by atoms with Gasteiger partial charge in [0, 0.05) is 26.1 Å². The molecule has 0 radical (unpaired) electrons. The molecule has 0 unspecified atom stereocenters. The Bertz CT molecular complexity index is 222. The van der Waals surface area contributed by atoms with Gasteiger partial charge in [0.05, 0.1) is 13.2 Å². The fourth-order valence-electron chi connectivity index (χ4n) is 2.57. The van der Waals surface area contributed by atoms with Gasteiger partial charge >= 0.3 is 0 Å². The lowest BCUT2D eigenvalue weighted by Gasteiger charge is -2.24. The monoisotopic (exact) mass is 241 g/mol. The van der Waals surface area contributed by atoms with Gasteiger partial charge in [0.15, 0.2) is 0 Å². The second kappa shape index (κ2) is 7.83. The summed E-state index contributed by atoms with van der Waals surface area (Å²) < 4.78 is 5.11. The van der Waals surface area contributed by atoms with Crippen molar-refractivity contribution in [2.75, 3.05) is 33.4 Å². The van der Waals surface area contributed by atoms with E-state index in [1.54, 1.807) is 7.11 Å². The summed E-state index contributed by atoms with van der Waals surface area (Å²) in [5.74, 6) is 1.38. The van der Waals surface area contributed by atoms with Crippen molar-refractivity contribution in [1.82, 2.24) is 4.90 Å². The van der Waals surface area contributed by atoms with Crippen LogP contribution in [0.2, 0.25) is 0 Å². The molecule has 0 saturated heterocycles. The number of hydrogen-bond donors (Lipinski definition) is 0. The number of methoxy groups -OCH3 is 1. The van der Waals surface area contributed by atoms with Crippen molar-refractivity contribution in [2.24, 2.45) is 11.8 Å². The maximum Gasteiger partial charge on any atom is 0.149 e. The third kappa shape index (κ3) is 5.64. The van der Waals surface area contributed by atoms with Crippen molar-refractivity contribution in [3.8, 4) is 0 Å². The van der Waals surface area contributed by atoms with Crippen LogP contribution < -0.4 is 0 Å². The van der Waals surface area contributed by atoms with Crippen LogP contribution in [0, 0.1) is 11.8 Å². The molecule has 0 aromatic rings. The van der Waals surface area contributed by atoms with Crippen molar-refractivity contribution in [3.05, 3.63) is 0 Å². The van der Waals surface area contributed by atoms with E-state index in [0.717, 1.165) is 25.9 Å². The number of carbonyl (C=O) groups is 1. The van der Waals surface area contributed by atoms with Crippen molar-refractivity contribution in [2.45, 2.75) is 39.5 Å². The first-order valence-corrected chi connectivity index (χ1v) is 6.87. The normalized spacial score (nSPS) is 17.2. The summed E-state index contributed by atoms with van der Waals surface area (Å²) in [6.45, 7) is 7.57. The van der Waals surface area contributed by atoms with E-state index in [9.17, 15) is 4.79 Å². The highest BCUT2D eigenvalue weighted by molar-refractivity contribution is 5.83. The van der Waals surface area contributed by atoms with Crippen LogP contribution in [0.4, 0.5) is 0 Å². The largest absolute Gasteiger partial charge is 0.383 e. The van der Waals surface area contributed by atoms with Crippen LogP contribution in [0.25, 0.3) is 0 Å². The molecule has 0 aromatic heterocycles. The standard InChI is InChI=1S/C14H27NO2/c1-12(2)10-15(8-9-17-3)11-14(16)13-6-4-5-7-13/h12-13H,4-11H2,1-3H3. The lowest BCUT2D eigenvalue weighted by atomic mass is 10.0. The van der Waals surface area contributed by atoms with Crippen LogP contribution in [-0.4, -0.2) is 44.0 Å². The molecule has 0 aliphatic heterocycles.